The highest BCUT2D eigenvalue weighted by atomic mass is 32.2. The summed E-state index contributed by atoms with van der Waals surface area (Å²) >= 11 is -4.37. The Kier molecular flexibility index (Phi) is 5.02. The molecule has 0 amide bonds. The summed E-state index contributed by atoms with van der Waals surface area (Å²) in [4.78, 5) is 0. The molecule has 0 aliphatic rings. The number of anilines is 2. The van der Waals surface area contributed by atoms with Crippen LogP contribution < -0.4 is 15.2 Å². The van der Waals surface area contributed by atoms with Crippen molar-refractivity contribution in [2.75, 3.05) is 10.5 Å². The van der Waals surface area contributed by atoms with Crippen molar-refractivity contribution in [3.63, 3.8) is 0 Å². The first-order chi connectivity index (χ1) is 7.90. The third-order valence-electron chi connectivity index (χ3n) is 2.01. The molecule has 1 aromatic carbocycles. The summed E-state index contributed by atoms with van der Waals surface area (Å²) in [6, 6.07) is 3.19. The van der Waals surface area contributed by atoms with Crippen LogP contribution in [0.3, 0.4) is 0 Å². The molecule has 0 aliphatic carbocycles. The van der Waals surface area contributed by atoms with Crippen molar-refractivity contribution in [2.24, 2.45) is 0 Å². The Morgan fingerprint density at radius 2 is 1.94 bits per heavy atom. The van der Waals surface area contributed by atoms with Crippen molar-refractivity contribution in [2.45, 2.75) is 13.5 Å². The highest BCUT2D eigenvalue weighted by Crippen LogP contribution is 2.24. The van der Waals surface area contributed by atoms with Gasteiger partial charge in [-0.05, 0) is 30.2 Å². The standard InChI is InChI=1S/C8H13N3O4S2/c1-5-2-7(9)3-6(4-10-16(12)13)8(5)11-17(14)15/h2-3,10-11H,4,9H2,1H3,(H,12,13)(H,14,15). The summed E-state index contributed by atoms with van der Waals surface area (Å²) < 4.78 is 43.3. The van der Waals surface area contributed by atoms with Crippen LogP contribution in [-0.4, -0.2) is 17.5 Å². The molecule has 0 fully saturated rings. The molecule has 7 nitrogen and oxygen atoms in total. The summed E-state index contributed by atoms with van der Waals surface area (Å²) in [7, 11) is 0. The number of nitrogens with two attached hydrogens (primary N) is 1. The summed E-state index contributed by atoms with van der Waals surface area (Å²) in [6.07, 6.45) is 0. The molecule has 1 rings (SSSR count). The second-order valence-electron chi connectivity index (χ2n) is 3.29. The zero-order valence-corrected chi connectivity index (χ0v) is 10.6. The molecule has 1 aromatic rings. The van der Waals surface area contributed by atoms with Crippen molar-refractivity contribution < 1.29 is 17.5 Å². The van der Waals surface area contributed by atoms with E-state index < -0.39 is 22.5 Å². The van der Waals surface area contributed by atoms with Gasteiger partial charge in [0.15, 0.2) is 0 Å². The van der Waals surface area contributed by atoms with Crippen LogP contribution >= 0.6 is 0 Å². The molecule has 96 valence electrons. The highest BCUT2D eigenvalue weighted by molar-refractivity contribution is 7.80. The normalized spacial score (nSPS) is 14.3. The maximum atomic E-state index is 10.7. The van der Waals surface area contributed by atoms with E-state index in [1.165, 1.54) is 0 Å². The van der Waals surface area contributed by atoms with E-state index in [0.717, 1.165) is 0 Å². The van der Waals surface area contributed by atoms with Gasteiger partial charge in [-0.25, -0.2) is 13.1 Å². The molecule has 2 unspecified atom stereocenters. The Balaban J connectivity index is 3.06. The van der Waals surface area contributed by atoms with Crippen LogP contribution in [0.5, 0.6) is 0 Å². The molecular weight excluding hydrogens is 266 g/mol. The average Bonchev–Trinajstić information content (AvgIpc) is 2.18. The SMILES string of the molecule is Cc1cc(N)cc(CNS(=O)O)c1NS(=O)O. The van der Waals surface area contributed by atoms with Crippen LogP contribution in [0.2, 0.25) is 0 Å². The van der Waals surface area contributed by atoms with E-state index in [1.54, 1.807) is 19.1 Å². The van der Waals surface area contributed by atoms with Crippen molar-refractivity contribution in [1.82, 2.24) is 4.72 Å². The minimum absolute atomic E-state index is 0.0501. The van der Waals surface area contributed by atoms with Crippen LogP contribution in [0, 0.1) is 6.92 Å². The number of nitrogens with one attached hydrogen (secondary N) is 2. The molecule has 2 atom stereocenters. The van der Waals surface area contributed by atoms with E-state index in [9.17, 15) is 8.42 Å². The Morgan fingerprint density at radius 1 is 1.29 bits per heavy atom. The van der Waals surface area contributed by atoms with Crippen molar-refractivity contribution in [1.29, 1.82) is 0 Å². The van der Waals surface area contributed by atoms with Crippen LogP contribution in [-0.2, 0) is 29.1 Å². The number of hydrogen-bond donors (Lipinski definition) is 5. The third-order valence-corrected chi connectivity index (χ3v) is 2.79. The van der Waals surface area contributed by atoms with Gasteiger partial charge in [-0.3, -0.25) is 13.8 Å². The second kappa shape index (κ2) is 6.07. The molecule has 6 N–H and O–H groups in total. The Bertz CT molecular complexity index is 466. The van der Waals surface area contributed by atoms with Crippen LogP contribution in [0.1, 0.15) is 11.1 Å². The number of hydrogen-bond acceptors (Lipinski definition) is 3. The van der Waals surface area contributed by atoms with Crippen molar-refractivity contribution in [3.8, 4) is 0 Å². The quantitative estimate of drug-likeness (QED) is 0.393. The zero-order valence-electron chi connectivity index (χ0n) is 8.97. The van der Waals surface area contributed by atoms with Gasteiger partial charge in [-0.2, -0.15) is 0 Å². The van der Waals surface area contributed by atoms with Crippen molar-refractivity contribution >= 4 is 33.9 Å². The first kappa shape index (κ1) is 14.1. The highest BCUT2D eigenvalue weighted by Gasteiger charge is 2.09. The largest absolute Gasteiger partial charge is 0.399 e. The van der Waals surface area contributed by atoms with Gasteiger partial charge < -0.3 is 5.73 Å². The molecule has 0 radical (unpaired) electrons. The number of benzene rings is 1. The first-order valence-corrected chi connectivity index (χ1v) is 6.72. The van der Waals surface area contributed by atoms with E-state index in [4.69, 9.17) is 14.8 Å². The number of rotatable bonds is 5. The molecule has 0 heterocycles. The second-order valence-corrected chi connectivity index (χ2v) is 4.78. The van der Waals surface area contributed by atoms with E-state index in [1.807, 2.05) is 0 Å². The fourth-order valence-electron chi connectivity index (χ4n) is 1.40. The molecule has 9 heteroatoms. The maximum Gasteiger partial charge on any atom is 0.259 e. The van der Waals surface area contributed by atoms with Crippen LogP contribution in [0.4, 0.5) is 11.4 Å². The lowest BCUT2D eigenvalue weighted by atomic mass is 10.1. The van der Waals surface area contributed by atoms with Gasteiger partial charge in [0.1, 0.15) is 0 Å². The minimum atomic E-state index is -2.21. The van der Waals surface area contributed by atoms with Crippen LogP contribution in [0.15, 0.2) is 12.1 Å². The minimum Gasteiger partial charge on any atom is -0.399 e. The molecule has 0 aliphatic heterocycles. The number of aryl methyl sites for hydroxylation is 1. The Labute approximate surface area is 104 Å². The average molecular weight is 279 g/mol. The molecular formula is C8H13N3O4S2. The van der Waals surface area contributed by atoms with E-state index in [2.05, 4.69) is 9.44 Å². The molecule has 0 bridgehead atoms. The van der Waals surface area contributed by atoms with Gasteiger partial charge >= 0.3 is 0 Å². The van der Waals surface area contributed by atoms with E-state index in [0.29, 0.717) is 22.5 Å². The summed E-state index contributed by atoms with van der Waals surface area (Å²) in [6.45, 7) is 1.76. The van der Waals surface area contributed by atoms with Crippen LogP contribution in [0.25, 0.3) is 0 Å². The van der Waals surface area contributed by atoms with Crippen molar-refractivity contribution in [3.05, 3.63) is 23.3 Å². The predicted octanol–water partition coefficient (Wildman–Crippen LogP) is 0.352. The number of nitrogen functional groups attached to an aromatic ring is 1. The summed E-state index contributed by atoms with van der Waals surface area (Å²) in [5.74, 6) is 0. The van der Waals surface area contributed by atoms with Gasteiger partial charge in [0, 0.05) is 12.2 Å². The smallest absolute Gasteiger partial charge is 0.259 e. The maximum absolute atomic E-state index is 10.7. The summed E-state index contributed by atoms with van der Waals surface area (Å²) in [5, 5.41) is 0. The van der Waals surface area contributed by atoms with Gasteiger partial charge in [-0.15, -0.1) is 0 Å². The fraction of sp³-hybridized carbons (Fsp3) is 0.250. The monoisotopic (exact) mass is 279 g/mol. The molecule has 0 saturated heterocycles. The third kappa shape index (κ3) is 4.40. The molecule has 0 spiro atoms. The Morgan fingerprint density at radius 3 is 2.47 bits per heavy atom. The van der Waals surface area contributed by atoms with Gasteiger partial charge in [0.05, 0.1) is 5.69 Å². The first-order valence-electron chi connectivity index (χ1n) is 4.51. The van der Waals surface area contributed by atoms with E-state index >= 15 is 0 Å². The zero-order chi connectivity index (χ0) is 13.0. The van der Waals surface area contributed by atoms with Gasteiger partial charge in [0.25, 0.3) is 11.3 Å². The fourth-order valence-corrected chi connectivity index (χ4v) is 2.15. The lowest BCUT2D eigenvalue weighted by molar-refractivity contribution is 0.549. The summed E-state index contributed by atoms with van der Waals surface area (Å²) in [5.41, 5.74) is 7.73. The molecule has 0 saturated carbocycles. The van der Waals surface area contributed by atoms with E-state index in [-0.39, 0.29) is 6.54 Å². The molecule has 17 heavy (non-hydrogen) atoms. The Hall–Kier alpha value is -1.00. The lowest BCUT2D eigenvalue weighted by Gasteiger charge is -2.13. The van der Waals surface area contributed by atoms with Gasteiger partial charge in [0.2, 0.25) is 11.3 Å². The lowest BCUT2D eigenvalue weighted by Crippen LogP contribution is -2.17. The van der Waals surface area contributed by atoms with Gasteiger partial charge in [-0.1, -0.05) is 0 Å². The topological polar surface area (TPSA) is 125 Å². The predicted molar refractivity (Wildman–Crippen MR) is 67.6 cm³/mol. The molecule has 0 aromatic heterocycles.